The predicted octanol–water partition coefficient (Wildman–Crippen LogP) is -2.05. The molecule has 6 nitrogen and oxygen atoms in total. The van der Waals surface area contributed by atoms with E-state index in [9.17, 15) is 9.59 Å². The summed E-state index contributed by atoms with van der Waals surface area (Å²) in [5, 5.41) is 15.1. The van der Waals surface area contributed by atoms with Crippen LogP contribution in [-0.4, -0.2) is 35.2 Å². The molecule has 6 heteroatoms. The van der Waals surface area contributed by atoms with Gasteiger partial charge in [0, 0.05) is 13.2 Å². The van der Waals surface area contributed by atoms with E-state index in [1.165, 1.54) is 0 Å². The fraction of sp³-hybridized carbons (Fsp3) is 0.667. The highest BCUT2D eigenvalue weighted by Crippen LogP contribution is 1.44. The van der Waals surface area contributed by atoms with Gasteiger partial charge in [0.25, 0.3) is 0 Å². The highest BCUT2D eigenvalue weighted by Gasteiger charge is 1.96. The van der Waals surface area contributed by atoms with Gasteiger partial charge in [-0.25, -0.2) is 0 Å². The molecule has 0 atom stereocenters. The number of hydrogen-bond donors (Lipinski definition) is 4. The first-order valence-corrected chi connectivity index (χ1v) is 3.28. The summed E-state index contributed by atoms with van der Waals surface area (Å²) in [5.41, 5.74) is 8.64. The maximum atomic E-state index is 9.45. The van der Waals surface area contributed by atoms with E-state index in [-0.39, 0.29) is 13.2 Å². The van der Waals surface area contributed by atoms with Gasteiger partial charge in [-0.15, -0.1) is 0 Å². The highest BCUT2D eigenvalue weighted by atomic mass is 16.3. The van der Waals surface area contributed by atoms with Crippen molar-refractivity contribution in [1.29, 1.82) is 0 Å². The van der Waals surface area contributed by atoms with Gasteiger partial charge in [0.15, 0.2) is 0 Å². The number of carbonyl (C=O) groups is 2. The molecule has 0 heterocycles. The number of aliphatic hydroxyl groups excluding tert-OH is 2. The molecule has 0 aliphatic heterocycles. The second kappa shape index (κ2) is 16.4. The molecule has 0 aromatic rings. The van der Waals surface area contributed by atoms with Crippen LogP contribution in [0.25, 0.3) is 0 Å². The van der Waals surface area contributed by atoms with E-state index in [2.05, 4.69) is 11.5 Å². The zero-order chi connectivity index (χ0) is 10.6. The molecule has 2 amide bonds. The maximum absolute atomic E-state index is 9.45. The summed E-state index contributed by atoms with van der Waals surface area (Å²) in [6.45, 7) is 3.86. The van der Waals surface area contributed by atoms with Gasteiger partial charge >= 0.3 is 11.8 Å². The van der Waals surface area contributed by atoms with Crippen molar-refractivity contribution in [3.8, 4) is 0 Å². The number of amides is 2. The number of aliphatic hydroxyl groups is 2. The Balaban J connectivity index is -0.000000115. The van der Waals surface area contributed by atoms with E-state index in [0.717, 1.165) is 0 Å². The topological polar surface area (TPSA) is 127 Å². The van der Waals surface area contributed by atoms with Crippen molar-refractivity contribution in [2.75, 3.05) is 13.2 Å². The van der Waals surface area contributed by atoms with Gasteiger partial charge < -0.3 is 21.7 Å². The Kier molecular flexibility index (Phi) is 23.4. The first-order chi connectivity index (χ1) is 5.47. The van der Waals surface area contributed by atoms with Crippen LogP contribution in [0.3, 0.4) is 0 Å². The fourth-order valence-corrected chi connectivity index (χ4v) is 0. The van der Waals surface area contributed by atoms with Crippen LogP contribution < -0.4 is 11.5 Å². The highest BCUT2D eigenvalue weighted by molar-refractivity contribution is 6.33. The lowest BCUT2D eigenvalue weighted by Crippen LogP contribution is -2.29. The minimum absolute atomic E-state index is 0.250. The zero-order valence-electron chi connectivity index (χ0n) is 7.28. The number of rotatable bonds is 0. The smallest absolute Gasteiger partial charge is 0.306 e. The minimum Gasteiger partial charge on any atom is -0.397 e. The largest absolute Gasteiger partial charge is 0.397 e. The van der Waals surface area contributed by atoms with Crippen molar-refractivity contribution in [1.82, 2.24) is 0 Å². The van der Waals surface area contributed by atoms with Gasteiger partial charge in [0.05, 0.1) is 0 Å². The van der Waals surface area contributed by atoms with E-state index in [0.29, 0.717) is 0 Å². The minimum atomic E-state index is -1.10. The molecule has 0 rings (SSSR count). The van der Waals surface area contributed by atoms with Gasteiger partial charge in [-0.2, -0.15) is 0 Å². The van der Waals surface area contributed by atoms with Crippen molar-refractivity contribution < 1.29 is 19.8 Å². The van der Waals surface area contributed by atoms with Crippen molar-refractivity contribution in [3.05, 3.63) is 0 Å². The van der Waals surface area contributed by atoms with Crippen LogP contribution in [0.1, 0.15) is 13.8 Å². The zero-order valence-corrected chi connectivity index (χ0v) is 7.28. The standard InChI is InChI=1S/C2H4N2O2.2C2H6O/c3-1(5)2(4)6;2*1-2-3/h(H2,3,5)(H2,4,6);2*3H,2H2,1H3. The molecule has 0 fully saturated rings. The van der Waals surface area contributed by atoms with Crippen LogP contribution in [-0.2, 0) is 9.59 Å². The third kappa shape index (κ3) is 66.9. The molecule has 0 radical (unpaired) electrons. The number of hydrogen-bond acceptors (Lipinski definition) is 4. The summed E-state index contributed by atoms with van der Waals surface area (Å²) in [6.07, 6.45) is 0. The van der Waals surface area contributed by atoms with Gasteiger partial charge in [0.2, 0.25) is 0 Å². The third-order valence-corrected chi connectivity index (χ3v) is 0.243. The Bertz CT molecular complexity index is 102. The first kappa shape index (κ1) is 17.1. The third-order valence-electron chi connectivity index (χ3n) is 0.243. The molecule has 0 saturated carbocycles. The Morgan fingerprint density at radius 3 is 1.08 bits per heavy atom. The number of primary amides is 2. The predicted molar refractivity (Wildman–Crippen MR) is 43.9 cm³/mol. The summed E-state index contributed by atoms with van der Waals surface area (Å²) in [5.74, 6) is -2.20. The lowest BCUT2D eigenvalue weighted by atomic mass is 10.6. The molecule has 0 aliphatic carbocycles. The van der Waals surface area contributed by atoms with Crippen LogP contribution in [0.5, 0.6) is 0 Å². The second-order valence-electron chi connectivity index (χ2n) is 1.36. The lowest BCUT2D eigenvalue weighted by Gasteiger charge is -1.75. The summed E-state index contributed by atoms with van der Waals surface area (Å²) in [7, 11) is 0. The fourth-order valence-electron chi connectivity index (χ4n) is 0. The average Bonchev–Trinajstić information content (AvgIpc) is 1.90. The summed E-state index contributed by atoms with van der Waals surface area (Å²) in [4.78, 5) is 18.9. The summed E-state index contributed by atoms with van der Waals surface area (Å²) >= 11 is 0. The quantitative estimate of drug-likeness (QED) is 0.320. The van der Waals surface area contributed by atoms with Crippen LogP contribution in [0, 0.1) is 0 Å². The number of nitrogens with two attached hydrogens (primary N) is 2. The summed E-state index contributed by atoms with van der Waals surface area (Å²) < 4.78 is 0. The molecule has 0 bridgehead atoms. The molecule has 74 valence electrons. The molecule has 0 aromatic heterocycles. The molecular formula is C6H16N2O4. The van der Waals surface area contributed by atoms with Crippen molar-refractivity contribution in [2.24, 2.45) is 11.5 Å². The Morgan fingerprint density at radius 2 is 1.08 bits per heavy atom. The summed E-state index contributed by atoms with van der Waals surface area (Å²) in [6, 6.07) is 0. The van der Waals surface area contributed by atoms with Crippen molar-refractivity contribution in [2.45, 2.75) is 13.8 Å². The van der Waals surface area contributed by atoms with Crippen LogP contribution in [0.4, 0.5) is 0 Å². The van der Waals surface area contributed by atoms with E-state index in [1.807, 2.05) is 0 Å². The number of carbonyl (C=O) groups excluding carboxylic acids is 2. The van der Waals surface area contributed by atoms with E-state index in [1.54, 1.807) is 13.8 Å². The molecular weight excluding hydrogens is 164 g/mol. The normalized spacial score (nSPS) is 6.67. The monoisotopic (exact) mass is 180 g/mol. The molecule has 0 aliphatic rings. The molecule has 0 spiro atoms. The molecule has 0 unspecified atom stereocenters. The Hall–Kier alpha value is -1.14. The van der Waals surface area contributed by atoms with E-state index >= 15 is 0 Å². The van der Waals surface area contributed by atoms with Gasteiger partial charge in [-0.1, -0.05) is 0 Å². The SMILES string of the molecule is CCO.CCO.NC(=O)C(N)=O. The van der Waals surface area contributed by atoms with Crippen molar-refractivity contribution >= 4 is 11.8 Å². The maximum Gasteiger partial charge on any atom is 0.306 e. The van der Waals surface area contributed by atoms with Gasteiger partial charge in [-0.05, 0) is 13.8 Å². The molecule has 12 heavy (non-hydrogen) atoms. The van der Waals surface area contributed by atoms with E-state index < -0.39 is 11.8 Å². The van der Waals surface area contributed by atoms with Crippen LogP contribution >= 0.6 is 0 Å². The van der Waals surface area contributed by atoms with Crippen LogP contribution in [0.15, 0.2) is 0 Å². The Labute approximate surface area is 71.2 Å². The second-order valence-corrected chi connectivity index (χ2v) is 1.36. The lowest BCUT2D eigenvalue weighted by molar-refractivity contribution is -0.135. The molecule has 0 aromatic carbocycles. The molecule has 6 N–H and O–H groups in total. The van der Waals surface area contributed by atoms with Gasteiger partial charge in [0.1, 0.15) is 0 Å². The van der Waals surface area contributed by atoms with Crippen molar-refractivity contribution in [3.63, 3.8) is 0 Å². The first-order valence-electron chi connectivity index (χ1n) is 3.28. The molecule has 0 saturated heterocycles. The Morgan fingerprint density at radius 1 is 1.00 bits per heavy atom. The van der Waals surface area contributed by atoms with E-state index in [4.69, 9.17) is 10.2 Å². The van der Waals surface area contributed by atoms with Gasteiger partial charge in [-0.3, -0.25) is 9.59 Å². The average molecular weight is 180 g/mol. The van der Waals surface area contributed by atoms with Crippen LogP contribution in [0.2, 0.25) is 0 Å².